The summed E-state index contributed by atoms with van der Waals surface area (Å²) in [6.07, 6.45) is 1.34. The maximum atomic E-state index is 10.5. The predicted octanol–water partition coefficient (Wildman–Crippen LogP) is 1.91. The van der Waals surface area contributed by atoms with Gasteiger partial charge in [-0.1, -0.05) is 37.3 Å². The zero-order valence-corrected chi connectivity index (χ0v) is 11.2. The van der Waals surface area contributed by atoms with Crippen LogP contribution in [0, 0.1) is 5.92 Å². The number of hydrogen-bond donors (Lipinski definition) is 2. The van der Waals surface area contributed by atoms with Gasteiger partial charge in [0.1, 0.15) is 5.60 Å². The summed E-state index contributed by atoms with van der Waals surface area (Å²) in [5.74, 6) is 0.554. The van der Waals surface area contributed by atoms with Crippen molar-refractivity contribution in [1.82, 2.24) is 5.32 Å². The Morgan fingerprint density at radius 2 is 2.11 bits per heavy atom. The van der Waals surface area contributed by atoms with Crippen molar-refractivity contribution in [3.8, 4) is 0 Å². The SMILES string of the molecule is CC1CCNCC1OCC(C)(O)c1ccccc1. The van der Waals surface area contributed by atoms with Gasteiger partial charge >= 0.3 is 0 Å². The molecular weight excluding hydrogens is 226 g/mol. The van der Waals surface area contributed by atoms with Crippen molar-refractivity contribution < 1.29 is 9.84 Å². The first-order valence-corrected chi connectivity index (χ1v) is 6.70. The number of hydrogen-bond acceptors (Lipinski definition) is 3. The lowest BCUT2D eigenvalue weighted by Crippen LogP contribution is -2.43. The number of rotatable bonds is 4. The minimum Gasteiger partial charge on any atom is -0.383 e. The first kappa shape index (κ1) is 13.5. The van der Waals surface area contributed by atoms with E-state index in [1.807, 2.05) is 37.3 Å². The van der Waals surface area contributed by atoms with Crippen molar-refractivity contribution in [2.45, 2.75) is 32.0 Å². The average Bonchev–Trinajstić information content (AvgIpc) is 2.39. The minimum atomic E-state index is -0.918. The molecule has 1 heterocycles. The molecule has 0 radical (unpaired) electrons. The van der Waals surface area contributed by atoms with Crippen LogP contribution in [-0.2, 0) is 10.3 Å². The third-order valence-corrected chi connectivity index (χ3v) is 3.73. The Bertz CT molecular complexity index is 364. The van der Waals surface area contributed by atoms with Crippen LogP contribution in [0.25, 0.3) is 0 Å². The first-order chi connectivity index (χ1) is 8.59. The van der Waals surface area contributed by atoms with Crippen LogP contribution in [0.5, 0.6) is 0 Å². The smallest absolute Gasteiger partial charge is 0.110 e. The summed E-state index contributed by atoms with van der Waals surface area (Å²) in [4.78, 5) is 0. The molecule has 2 N–H and O–H groups in total. The lowest BCUT2D eigenvalue weighted by atomic mass is 9.95. The number of aliphatic hydroxyl groups is 1. The van der Waals surface area contributed by atoms with E-state index in [1.165, 1.54) is 0 Å². The van der Waals surface area contributed by atoms with Crippen LogP contribution in [0.3, 0.4) is 0 Å². The molecular formula is C15H23NO2. The molecule has 0 aromatic heterocycles. The molecule has 1 fully saturated rings. The minimum absolute atomic E-state index is 0.203. The van der Waals surface area contributed by atoms with Gasteiger partial charge in [-0.05, 0) is 31.4 Å². The standard InChI is InChI=1S/C15H23NO2/c1-12-8-9-16-10-14(12)18-11-15(2,17)13-6-4-3-5-7-13/h3-7,12,14,16-17H,8-11H2,1-2H3. The third kappa shape index (κ3) is 3.31. The van der Waals surface area contributed by atoms with Crippen molar-refractivity contribution in [2.75, 3.05) is 19.7 Å². The van der Waals surface area contributed by atoms with Gasteiger partial charge in [0.05, 0.1) is 12.7 Å². The van der Waals surface area contributed by atoms with Gasteiger partial charge < -0.3 is 15.2 Å². The summed E-state index contributed by atoms with van der Waals surface area (Å²) in [6, 6.07) is 9.70. The van der Waals surface area contributed by atoms with Crippen molar-refractivity contribution in [3.63, 3.8) is 0 Å². The summed E-state index contributed by atoms with van der Waals surface area (Å²) >= 11 is 0. The van der Waals surface area contributed by atoms with Crippen LogP contribution in [-0.4, -0.2) is 30.9 Å². The Morgan fingerprint density at radius 3 is 2.78 bits per heavy atom. The summed E-state index contributed by atoms with van der Waals surface area (Å²) in [5.41, 5.74) is -0.0141. The van der Waals surface area contributed by atoms with Crippen LogP contribution in [0.1, 0.15) is 25.8 Å². The van der Waals surface area contributed by atoms with E-state index < -0.39 is 5.60 Å². The van der Waals surface area contributed by atoms with Crippen LogP contribution in [0.4, 0.5) is 0 Å². The molecule has 3 heteroatoms. The van der Waals surface area contributed by atoms with Gasteiger partial charge in [-0.25, -0.2) is 0 Å². The second kappa shape index (κ2) is 5.83. The number of nitrogens with one attached hydrogen (secondary N) is 1. The maximum absolute atomic E-state index is 10.5. The van der Waals surface area contributed by atoms with Gasteiger partial charge in [-0.15, -0.1) is 0 Å². The number of ether oxygens (including phenoxy) is 1. The van der Waals surface area contributed by atoms with E-state index in [2.05, 4.69) is 12.2 Å². The number of piperidine rings is 1. The molecule has 1 aromatic carbocycles. The Labute approximate surface area is 109 Å². The van der Waals surface area contributed by atoms with Crippen molar-refractivity contribution in [3.05, 3.63) is 35.9 Å². The molecule has 3 unspecified atom stereocenters. The fourth-order valence-corrected chi connectivity index (χ4v) is 2.33. The largest absolute Gasteiger partial charge is 0.383 e. The molecule has 0 amide bonds. The van der Waals surface area contributed by atoms with E-state index in [4.69, 9.17) is 4.74 Å². The predicted molar refractivity (Wildman–Crippen MR) is 72.4 cm³/mol. The van der Waals surface area contributed by atoms with E-state index in [1.54, 1.807) is 0 Å². The molecule has 2 rings (SSSR count). The monoisotopic (exact) mass is 249 g/mol. The molecule has 3 nitrogen and oxygen atoms in total. The molecule has 0 saturated carbocycles. The highest BCUT2D eigenvalue weighted by molar-refractivity contribution is 5.21. The van der Waals surface area contributed by atoms with Crippen molar-refractivity contribution >= 4 is 0 Å². The van der Waals surface area contributed by atoms with E-state index >= 15 is 0 Å². The molecule has 0 spiro atoms. The fourth-order valence-electron chi connectivity index (χ4n) is 2.33. The van der Waals surface area contributed by atoms with Gasteiger partial charge in [0.25, 0.3) is 0 Å². The van der Waals surface area contributed by atoms with E-state index in [-0.39, 0.29) is 6.10 Å². The molecule has 0 aliphatic carbocycles. The van der Waals surface area contributed by atoms with Gasteiger partial charge in [0, 0.05) is 6.54 Å². The Kier molecular flexibility index (Phi) is 4.38. The highest BCUT2D eigenvalue weighted by Gasteiger charge is 2.28. The summed E-state index contributed by atoms with van der Waals surface area (Å²) in [6.45, 7) is 6.31. The van der Waals surface area contributed by atoms with Crippen LogP contribution < -0.4 is 5.32 Å². The molecule has 1 aliphatic heterocycles. The normalized spacial score (nSPS) is 27.7. The van der Waals surface area contributed by atoms with Crippen molar-refractivity contribution in [1.29, 1.82) is 0 Å². The highest BCUT2D eigenvalue weighted by atomic mass is 16.5. The molecule has 1 saturated heterocycles. The molecule has 1 aromatic rings. The van der Waals surface area contributed by atoms with E-state index in [0.717, 1.165) is 25.1 Å². The molecule has 1 aliphatic rings. The third-order valence-electron chi connectivity index (χ3n) is 3.73. The molecule has 0 bridgehead atoms. The Morgan fingerprint density at radius 1 is 1.39 bits per heavy atom. The van der Waals surface area contributed by atoms with Crippen LogP contribution in [0.15, 0.2) is 30.3 Å². The molecule has 100 valence electrons. The highest BCUT2D eigenvalue weighted by Crippen LogP contribution is 2.23. The first-order valence-electron chi connectivity index (χ1n) is 6.70. The molecule has 3 atom stereocenters. The van der Waals surface area contributed by atoms with Crippen molar-refractivity contribution in [2.24, 2.45) is 5.92 Å². The Hall–Kier alpha value is -0.900. The zero-order valence-electron chi connectivity index (χ0n) is 11.2. The maximum Gasteiger partial charge on any atom is 0.110 e. The second-order valence-electron chi connectivity index (χ2n) is 5.46. The van der Waals surface area contributed by atoms with E-state index in [0.29, 0.717) is 12.5 Å². The summed E-state index contributed by atoms with van der Waals surface area (Å²) < 4.78 is 5.90. The van der Waals surface area contributed by atoms with Gasteiger partial charge in [-0.2, -0.15) is 0 Å². The van der Waals surface area contributed by atoms with Gasteiger partial charge in [0.15, 0.2) is 0 Å². The van der Waals surface area contributed by atoms with E-state index in [9.17, 15) is 5.11 Å². The number of benzene rings is 1. The summed E-state index contributed by atoms with van der Waals surface area (Å²) in [5, 5.41) is 13.8. The zero-order chi connectivity index (χ0) is 13.0. The fraction of sp³-hybridized carbons (Fsp3) is 0.600. The molecule has 18 heavy (non-hydrogen) atoms. The Balaban J connectivity index is 1.92. The van der Waals surface area contributed by atoms with Crippen LogP contribution >= 0.6 is 0 Å². The summed E-state index contributed by atoms with van der Waals surface area (Å²) in [7, 11) is 0. The van der Waals surface area contributed by atoms with Gasteiger partial charge in [-0.3, -0.25) is 0 Å². The van der Waals surface area contributed by atoms with Crippen LogP contribution in [0.2, 0.25) is 0 Å². The second-order valence-corrected chi connectivity index (χ2v) is 5.46. The average molecular weight is 249 g/mol. The quantitative estimate of drug-likeness (QED) is 0.856. The lowest BCUT2D eigenvalue weighted by molar-refractivity contribution is -0.0850. The lowest BCUT2D eigenvalue weighted by Gasteiger charge is -2.33. The topological polar surface area (TPSA) is 41.5 Å². The van der Waals surface area contributed by atoms with Gasteiger partial charge in [0.2, 0.25) is 0 Å².